The van der Waals surface area contributed by atoms with E-state index in [-0.39, 0.29) is 11.6 Å². The van der Waals surface area contributed by atoms with E-state index in [9.17, 15) is 9.59 Å². The van der Waals surface area contributed by atoms with E-state index in [0.29, 0.717) is 18.8 Å². The van der Waals surface area contributed by atoms with Crippen LogP contribution in [0.3, 0.4) is 0 Å². The van der Waals surface area contributed by atoms with Crippen molar-refractivity contribution < 1.29 is 14.7 Å². The molecule has 1 aliphatic heterocycles. The van der Waals surface area contributed by atoms with Crippen molar-refractivity contribution in [1.82, 2.24) is 5.32 Å². The van der Waals surface area contributed by atoms with Crippen LogP contribution in [0.4, 0.5) is 10.5 Å². The van der Waals surface area contributed by atoms with Crippen molar-refractivity contribution in [3.8, 4) is 0 Å². The first-order chi connectivity index (χ1) is 7.59. The molecular weight excluding hydrogens is 208 g/mol. The number of carbonyl (C=O) groups is 2. The number of rotatable bonds is 2. The fourth-order valence-corrected chi connectivity index (χ4v) is 1.73. The summed E-state index contributed by atoms with van der Waals surface area (Å²) in [6, 6.07) is 4.60. The molecule has 5 heteroatoms. The van der Waals surface area contributed by atoms with Crippen molar-refractivity contribution in [3.05, 3.63) is 29.3 Å². The first kappa shape index (κ1) is 10.5. The predicted octanol–water partition coefficient (Wildman–Crippen LogP) is 1.22. The summed E-state index contributed by atoms with van der Waals surface area (Å²) in [7, 11) is 0. The van der Waals surface area contributed by atoms with Crippen molar-refractivity contribution >= 4 is 17.7 Å². The molecule has 2 N–H and O–H groups in total. The highest BCUT2D eigenvalue weighted by Crippen LogP contribution is 2.23. The molecule has 0 radical (unpaired) electrons. The number of amides is 2. The summed E-state index contributed by atoms with van der Waals surface area (Å²) in [5.41, 5.74) is 1.75. The molecule has 16 heavy (non-hydrogen) atoms. The van der Waals surface area contributed by atoms with Gasteiger partial charge in [-0.25, -0.2) is 9.59 Å². The summed E-state index contributed by atoms with van der Waals surface area (Å²) in [5, 5.41) is 11.6. The molecule has 0 unspecified atom stereocenters. The standard InChI is InChI=1S/C11H12N2O3/c1-7-2-3-8(10(14)15)6-9(7)13-5-4-12-11(13)16/h2-3,6H,4-5H2,1H3,(H,12,16)(H,14,15). The van der Waals surface area contributed by atoms with Gasteiger partial charge in [0.05, 0.1) is 5.56 Å². The third kappa shape index (κ3) is 1.71. The lowest BCUT2D eigenvalue weighted by atomic mass is 10.1. The molecule has 1 aliphatic rings. The number of nitrogens with one attached hydrogen (secondary N) is 1. The zero-order valence-electron chi connectivity index (χ0n) is 8.86. The number of aryl methyl sites for hydroxylation is 1. The number of carboxylic acids is 1. The Labute approximate surface area is 92.7 Å². The molecule has 2 rings (SSSR count). The van der Waals surface area contributed by atoms with Gasteiger partial charge in [0, 0.05) is 18.8 Å². The van der Waals surface area contributed by atoms with Gasteiger partial charge in [-0.05, 0) is 24.6 Å². The molecule has 0 aliphatic carbocycles. The minimum Gasteiger partial charge on any atom is -0.478 e. The summed E-state index contributed by atoms with van der Waals surface area (Å²) >= 11 is 0. The largest absolute Gasteiger partial charge is 0.478 e. The summed E-state index contributed by atoms with van der Waals surface area (Å²) < 4.78 is 0. The zero-order chi connectivity index (χ0) is 11.7. The van der Waals surface area contributed by atoms with Crippen LogP contribution in [0.1, 0.15) is 15.9 Å². The maximum absolute atomic E-state index is 11.5. The molecule has 0 spiro atoms. The fraction of sp³-hybridized carbons (Fsp3) is 0.273. The van der Waals surface area contributed by atoms with E-state index in [1.807, 2.05) is 6.92 Å². The molecule has 0 bridgehead atoms. The minimum atomic E-state index is -0.985. The lowest BCUT2D eigenvalue weighted by Gasteiger charge is -2.17. The molecule has 0 aromatic heterocycles. The second-order valence-corrected chi connectivity index (χ2v) is 3.69. The quantitative estimate of drug-likeness (QED) is 0.787. The lowest BCUT2D eigenvalue weighted by molar-refractivity contribution is 0.0697. The van der Waals surface area contributed by atoms with Crippen LogP contribution in [0.2, 0.25) is 0 Å². The molecule has 1 saturated heterocycles. The van der Waals surface area contributed by atoms with Gasteiger partial charge in [0.25, 0.3) is 0 Å². The topological polar surface area (TPSA) is 69.6 Å². The van der Waals surface area contributed by atoms with Crippen molar-refractivity contribution in [2.75, 3.05) is 18.0 Å². The Balaban J connectivity index is 2.42. The van der Waals surface area contributed by atoms with E-state index in [0.717, 1.165) is 5.56 Å². The number of carboxylic acid groups (broad SMARTS) is 1. The Morgan fingerprint density at radius 2 is 2.25 bits per heavy atom. The van der Waals surface area contributed by atoms with Crippen LogP contribution in [-0.2, 0) is 0 Å². The van der Waals surface area contributed by atoms with Gasteiger partial charge in [-0.2, -0.15) is 0 Å². The molecule has 1 heterocycles. The Morgan fingerprint density at radius 1 is 1.50 bits per heavy atom. The maximum atomic E-state index is 11.5. The number of urea groups is 1. The first-order valence-corrected chi connectivity index (χ1v) is 4.99. The second-order valence-electron chi connectivity index (χ2n) is 3.69. The predicted molar refractivity (Wildman–Crippen MR) is 58.9 cm³/mol. The van der Waals surface area contributed by atoms with Gasteiger partial charge in [0.1, 0.15) is 0 Å². The Bertz CT molecular complexity index is 457. The van der Waals surface area contributed by atoms with Crippen molar-refractivity contribution in [2.45, 2.75) is 6.92 Å². The van der Waals surface area contributed by atoms with Crippen LogP contribution < -0.4 is 10.2 Å². The Hall–Kier alpha value is -2.04. The number of hydrogen-bond donors (Lipinski definition) is 2. The zero-order valence-corrected chi connectivity index (χ0v) is 8.86. The van der Waals surface area contributed by atoms with Crippen molar-refractivity contribution in [2.24, 2.45) is 0 Å². The van der Waals surface area contributed by atoms with Crippen LogP contribution >= 0.6 is 0 Å². The average Bonchev–Trinajstić information content (AvgIpc) is 2.65. The van der Waals surface area contributed by atoms with Gasteiger partial charge in [0.2, 0.25) is 0 Å². The number of nitrogens with zero attached hydrogens (tertiary/aromatic N) is 1. The first-order valence-electron chi connectivity index (χ1n) is 4.99. The average molecular weight is 220 g/mol. The highest BCUT2D eigenvalue weighted by atomic mass is 16.4. The Morgan fingerprint density at radius 3 is 2.81 bits per heavy atom. The van der Waals surface area contributed by atoms with Crippen LogP contribution in [0.15, 0.2) is 18.2 Å². The smallest absolute Gasteiger partial charge is 0.335 e. The normalized spacial score (nSPS) is 15.1. The molecule has 1 aromatic rings. The molecule has 84 valence electrons. The third-order valence-corrected chi connectivity index (χ3v) is 2.60. The second kappa shape index (κ2) is 3.84. The number of aromatic carboxylic acids is 1. The monoisotopic (exact) mass is 220 g/mol. The number of hydrogen-bond acceptors (Lipinski definition) is 2. The van der Waals surface area contributed by atoms with Crippen molar-refractivity contribution in [3.63, 3.8) is 0 Å². The third-order valence-electron chi connectivity index (χ3n) is 2.60. The van der Waals surface area contributed by atoms with Gasteiger partial charge in [-0.3, -0.25) is 4.90 Å². The summed E-state index contributed by atoms with van der Waals surface area (Å²) in [6.45, 7) is 3.02. The van der Waals surface area contributed by atoms with Gasteiger partial charge in [-0.15, -0.1) is 0 Å². The van der Waals surface area contributed by atoms with Crippen molar-refractivity contribution in [1.29, 1.82) is 0 Å². The van der Waals surface area contributed by atoms with Gasteiger partial charge in [-0.1, -0.05) is 6.07 Å². The van der Waals surface area contributed by atoms with Crippen LogP contribution in [-0.4, -0.2) is 30.2 Å². The van der Waals surface area contributed by atoms with Crippen LogP contribution in [0.5, 0.6) is 0 Å². The van der Waals surface area contributed by atoms with Crippen LogP contribution in [0.25, 0.3) is 0 Å². The summed E-state index contributed by atoms with van der Waals surface area (Å²) in [5.74, 6) is -0.985. The number of benzene rings is 1. The molecule has 0 saturated carbocycles. The highest BCUT2D eigenvalue weighted by molar-refractivity contribution is 5.97. The number of carbonyl (C=O) groups excluding carboxylic acids is 1. The molecule has 0 atom stereocenters. The molecule has 5 nitrogen and oxygen atoms in total. The molecule has 1 aromatic carbocycles. The SMILES string of the molecule is Cc1ccc(C(=O)O)cc1N1CCNC1=O. The summed E-state index contributed by atoms with van der Waals surface area (Å²) in [6.07, 6.45) is 0. The van der Waals surface area contributed by atoms with Gasteiger partial charge >= 0.3 is 12.0 Å². The number of anilines is 1. The van der Waals surface area contributed by atoms with Gasteiger partial charge < -0.3 is 10.4 Å². The maximum Gasteiger partial charge on any atom is 0.335 e. The summed E-state index contributed by atoms with van der Waals surface area (Å²) in [4.78, 5) is 23.9. The molecular formula is C11H12N2O3. The van der Waals surface area contributed by atoms with E-state index in [1.54, 1.807) is 11.0 Å². The minimum absolute atomic E-state index is 0.175. The molecule has 2 amide bonds. The van der Waals surface area contributed by atoms with E-state index < -0.39 is 5.97 Å². The lowest BCUT2D eigenvalue weighted by Crippen LogP contribution is -2.28. The van der Waals surface area contributed by atoms with Gasteiger partial charge in [0.15, 0.2) is 0 Å². The molecule has 1 fully saturated rings. The van der Waals surface area contributed by atoms with Crippen LogP contribution in [0, 0.1) is 6.92 Å². The fourth-order valence-electron chi connectivity index (χ4n) is 1.73. The van der Waals surface area contributed by atoms with E-state index >= 15 is 0 Å². The Kier molecular flexibility index (Phi) is 2.52. The highest BCUT2D eigenvalue weighted by Gasteiger charge is 2.23. The van der Waals surface area contributed by atoms with E-state index in [1.165, 1.54) is 12.1 Å². The van der Waals surface area contributed by atoms with E-state index in [2.05, 4.69) is 5.32 Å². The van der Waals surface area contributed by atoms with E-state index in [4.69, 9.17) is 5.11 Å².